The van der Waals surface area contributed by atoms with E-state index in [-0.39, 0.29) is 12.3 Å². The number of anilines is 1. The number of benzene rings is 2. The Hall–Kier alpha value is -2.17. The Bertz CT molecular complexity index is 887. The van der Waals surface area contributed by atoms with Gasteiger partial charge in [-0.15, -0.1) is 11.3 Å². The summed E-state index contributed by atoms with van der Waals surface area (Å²) in [5.41, 5.74) is 4.77. The second kappa shape index (κ2) is 7.81. The first-order valence-electron chi connectivity index (χ1n) is 8.15. The minimum Gasteiger partial charge on any atom is -0.325 e. The molecule has 0 aliphatic rings. The van der Waals surface area contributed by atoms with Gasteiger partial charge in [0.1, 0.15) is 5.01 Å². The van der Waals surface area contributed by atoms with Crippen LogP contribution in [0.15, 0.2) is 47.8 Å². The normalized spacial score (nSPS) is 10.7. The first kappa shape index (κ1) is 17.6. The van der Waals surface area contributed by atoms with E-state index in [1.807, 2.05) is 30.5 Å². The zero-order chi connectivity index (χ0) is 17.8. The van der Waals surface area contributed by atoms with E-state index in [1.54, 1.807) is 11.3 Å². The molecule has 0 aliphatic carbocycles. The van der Waals surface area contributed by atoms with Gasteiger partial charge in [-0.2, -0.15) is 0 Å². The summed E-state index contributed by atoms with van der Waals surface area (Å²) in [5, 5.41) is 6.42. The van der Waals surface area contributed by atoms with E-state index >= 15 is 0 Å². The SMILES string of the molecule is CCc1ccc(-c2nc(CC(=O)Nc3cccc(Cl)c3C)cs2)cc1. The number of nitrogens with zero attached hydrogens (tertiary/aromatic N) is 1. The highest BCUT2D eigenvalue weighted by Crippen LogP contribution is 2.25. The van der Waals surface area contributed by atoms with Crippen molar-refractivity contribution in [2.45, 2.75) is 26.7 Å². The van der Waals surface area contributed by atoms with E-state index < -0.39 is 0 Å². The minimum absolute atomic E-state index is 0.0939. The molecule has 0 aliphatic heterocycles. The van der Waals surface area contributed by atoms with E-state index in [4.69, 9.17) is 11.6 Å². The van der Waals surface area contributed by atoms with Crippen LogP contribution in [0.1, 0.15) is 23.7 Å². The standard InChI is InChI=1S/C20H19ClN2OS/c1-3-14-7-9-15(10-8-14)20-22-16(12-25-20)11-19(24)23-18-6-4-5-17(21)13(18)2/h4-10,12H,3,11H2,1-2H3,(H,23,24). The van der Waals surface area contributed by atoms with Crippen molar-refractivity contribution in [1.82, 2.24) is 4.98 Å². The van der Waals surface area contributed by atoms with Crippen molar-refractivity contribution in [1.29, 1.82) is 0 Å². The summed E-state index contributed by atoms with van der Waals surface area (Å²) in [5.74, 6) is -0.0939. The smallest absolute Gasteiger partial charge is 0.230 e. The molecule has 0 saturated carbocycles. The number of halogens is 1. The molecule has 3 aromatic rings. The van der Waals surface area contributed by atoms with Gasteiger partial charge < -0.3 is 5.32 Å². The van der Waals surface area contributed by atoms with E-state index in [2.05, 4.69) is 41.5 Å². The predicted molar refractivity (Wildman–Crippen MR) is 105 cm³/mol. The van der Waals surface area contributed by atoms with E-state index in [9.17, 15) is 4.79 Å². The monoisotopic (exact) mass is 370 g/mol. The zero-order valence-corrected chi connectivity index (χ0v) is 15.7. The van der Waals surface area contributed by atoms with Crippen LogP contribution >= 0.6 is 22.9 Å². The lowest BCUT2D eigenvalue weighted by Crippen LogP contribution is -2.15. The summed E-state index contributed by atoms with van der Waals surface area (Å²) in [6, 6.07) is 13.9. The van der Waals surface area contributed by atoms with Gasteiger partial charge in [0.25, 0.3) is 0 Å². The number of thiazole rings is 1. The fourth-order valence-electron chi connectivity index (χ4n) is 2.51. The van der Waals surface area contributed by atoms with E-state index in [0.717, 1.165) is 33.9 Å². The van der Waals surface area contributed by atoms with Crippen molar-refractivity contribution in [2.24, 2.45) is 0 Å². The van der Waals surface area contributed by atoms with Crippen molar-refractivity contribution < 1.29 is 4.79 Å². The largest absolute Gasteiger partial charge is 0.325 e. The molecule has 128 valence electrons. The van der Waals surface area contributed by atoms with Crippen LogP contribution in [0.2, 0.25) is 5.02 Å². The summed E-state index contributed by atoms with van der Waals surface area (Å²) >= 11 is 7.65. The highest BCUT2D eigenvalue weighted by molar-refractivity contribution is 7.13. The molecule has 1 aromatic heterocycles. The second-order valence-electron chi connectivity index (χ2n) is 5.83. The Kier molecular flexibility index (Phi) is 5.51. The maximum atomic E-state index is 12.3. The number of aromatic nitrogens is 1. The number of hydrogen-bond acceptors (Lipinski definition) is 3. The molecule has 0 atom stereocenters. The number of nitrogens with one attached hydrogen (secondary N) is 1. The van der Waals surface area contributed by atoms with Crippen LogP contribution in [0.5, 0.6) is 0 Å². The van der Waals surface area contributed by atoms with Crippen LogP contribution in [0.4, 0.5) is 5.69 Å². The van der Waals surface area contributed by atoms with Crippen molar-refractivity contribution in [3.05, 3.63) is 69.7 Å². The van der Waals surface area contributed by atoms with Crippen molar-refractivity contribution in [3.63, 3.8) is 0 Å². The topological polar surface area (TPSA) is 42.0 Å². The average Bonchev–Trinajstić information content (AvgIpc) is 3.07. The van der Waals surface area contributed by atoms with Crippen LogP contribution in [0.25, 0.3) is 10.6 Å². The first-order valence-corrected chi connectivity index (χ1v) is 9.41. The molecule has 3 rings (SSSR count). The Labute approximate surface area is 156 Å². The van der Waals surface area contributed by atoms with Gasteiger partial charge in [0.15, 0.2) is 0 Å². The summed E-state index contributed by atoms with van der Waals surface area (Å²) < 4.78 is 0. The maximum Gasteiger partial charge on any atom is 0.230 e. The number of amides is 1. The van der Waals surface area contributed by atoms with Gasteiger partial charge in [-0.25, -0.2) is 4.98 Å². The Morgan fingerprint density at radius 1 is 1.20 bits per heavy atom. The van der Waals surface area contributed by atoms with Crippen LogP contribution in [-0.2, 0) is 17.6 Å². The van der Waals surface area contributed by atoms with Crippen molar-refractivity contribution >= 4 is 34.5 Å². The highest BCUT2D eigenvalue weighted by atomic mass is 35.5. The van der Waals surface area contributed by atoms with E-state index in [1.165, 1.54) is 5.56 Å². The van der Waals surface area contributed by atoms with Gasteiger partial charge in [-0.3, -0.25) is 4.79 Å². The molecule has 0 radical (unpaired) electrons. The Morgan fingerprint density at radius 2 is 1.96 bits per heavy atom. The molecule has 1 amide bonds. The third-order valence-electron chi connectivity index (χ3n) is 4.04. The molecule has 1 N–H and O–H groups in total. The molecular weight excluding hydrogens is 352 g/mol. The van der Waals surface area contributed by atoms with Crippen molar-refractivity contribution in [2.75, 3.05) is 5.32 Å². The lowest BCUT2D eigenvalue weighted by molar-refractivity contribution is -0.115. The van der Waals surface area contributed by atoms with Crippen LogP contribution in [-0.4, -0.2) is 10.9 Å². The van der Waals surface area contributed by atoms with Gasteiger partial charge in [-0.05, 0) is 36.6 Å². The van der Waals surface area contributed by atoms with Gasteiger partial charge in [0.2, 0.25) is 5.91 Å². The minimum atomic E-state index is -0.0939. The fraction of sp³-hybridized carbons (Fsp3) is 0.200. The van der Waals surface area contributed by atoms with Gasteiger partial charge in [0.05, 0.1) is 12.1 Å². The maximum absolute atomic E-state index is 12.3. The van der Waals surface area contributed by atoms with Gasteiger partial charge in [0, 0.05) is 21.7 Å². The molecule has 0 unspecified atom stereocenters. The fourth-order valence-corrected chi connectivity index (χ4v) is 3.51. The molecular formula is C20H19ClN2OS. The number of hydrogen-bond donors (Lipinski definition) is 1. The molecule has 0 bridgehead atoms. The van der Waals surface area contributed by atoms with Crippen LogP contribution in [0.3, 0.4) is 0 Å². The molecule has 3 nitrogen and oxygen atoms in total. The predicted octanol–water partition coefficient (Wildman–Crippen LogP) is 5.52. The third-order valence-corrected chi connectivity index (χ3v) is 5.39. The number of carbonyl (C=O) groups is 1. The molecule has 1 heterocycles. The number of carbonyl (C=O) groups excluding carboxylic acids is 1. The quantitative estimate of drug-likeness (QED) is 0.642. The summed E-state index contributed by atoms with van der Waals surface area (Å²) in [6.07, 6.45) is 1.27. The summed E-state index contributed by atoms with van der Waals surface area (Å²) in [7, 11) is 0. The Morgan fingerprint density at radius 3 is 2.68 bits per heavy atom. The number of rotatable bonds is 5. The first-order chi connectivity index (χ1) is 12.1. The molecule has 0 spiro atoms. The molecule has 25 heavy (non-hydrogen) atoms. The average molecular weight is 371 g/mol. The number of aryl methyl sites for hydroxylation is 1. The lowest BCUT2D eigenvalue weighted by Gasteiger charge is -2.08. The summed E-state index contributed by atoms with van der Waals surface area (Å²) in [6.45, 7) is 4.02. The van der Waals surface area contributed by atoms with Crippen LogP contribution < -0.4 is 5.32 Å². The van der Waals surface area contributed by atoms with Crippen LogP contribution in [0, 0.1) is 6.92 Å². The zero-order valence-electron chi connectivity index (χ0n) is 14.2. The van der Waals surface area contributed by atoms with Gasteiger partial charge >= 0.3 is 0 Å². The Balaban J connectivity index is 1.68. The summed E-state index contributed by atoms with van der Waals surface area (Å²) in [4.78, 5) is 16.9. The third kappa shape index (κ3) is 4.27. The van der Waals surface area contributed by atoms with Gasteiger partial charge in [-0.1, -0.05) is 48.9 Å². The molecule has 2 aromatic carbocycles. The molecule has 5 heteroatoms. The second-order valence-corrected chi connectivity index (χ2v) is 7.10. The highest BCUT2D eigenvalue weighted by Gasteiger charge is 2.11. The molecule has 0 fully saturated rings. The molecule has 0 saturated heterocycles. The van der Waals surface area contributed by atoms with Crippen molar-refractivity contribution in [3.8, 4) is 10.6 Å². The lowest BCUT2D eigenvalue weighted by atomic mass is 10.1. The van der Waals surface area contributed by atoms with E-state index in [0.29, 0.717) is 5.02 Å².